The average Bonchev–Trinajstić information content (AvgIpc) is 3.07. The van der Waals surface area contributed by atoms with Crippen molar-refractivity contribution in [2.24, 2.45) is 0 Å². The highest BCUT2D eigenvalue weighted by molar-refractivity contribution is 5.97. The SMILES string of the molecule is COC(=O)C1(NCCCC[C@@H]([C]=O)NC(=O)OC(C)(C)C)c2ccccc2-c2ccccc21. The number of alkyl carbamates (subject to hydrolysis) is 1. The number of carbonyl (C=O) groups excluding carboxylic acids is 3. The molecule has 0 spiro atoms. The Hall–Kier alpha value is -3.19. The van der Waals surface area contributed by atoms with Crippen molar-refractivity contribution in [3.8, 4) is 11.1 Å². The molecule has 1 aliphatic rings. The number of fused-ring (bicyclic) bond motifs is 3. The fourth-order valence-corrected chi connectivity index (χ4v) is 4.23. The number of hydrogen-bond donors (Lipinski definition) is 2. The van der Waals surface area contributed by atoms with Crippen molar-refractivity contribution in [2.45, 2.75) is 57.2 Å². The molecule has 2 aromatic carbocycles. The number of methoxy groups -OCH3 is 1. The molecule has 7 nitrogen and oxygen atoms in total. The second kappa shape index (κ2) is 10.2. The molecule has 175 valence electrons. The predicted molar refractivity (Wildman–Crippen MR) is 125 cm³/mol. The van der Waals surface area contributed by atoms with E-state index in [2.05, 4.69) is 10.6 Å². The summed E-state index contributed by atoms with van der Waals surface area (Å²) in [7, 11) is 1.39. The van der Waals surface area contributed by atoms with Crippen LogP contribution < -0.4 is 10.6 Å². The van der Waals surface area contributed by atoms with Gasteiger partial charge in [-0.05, 0) is 68.8 Å². The van der Waals surface area contributed by atoms with Gasteiger partial charge in [0, 0.05) is 0 Å². The molecule has 3 rings (SSSR count). The Morgan fingerprint density at radius 3 is 2.09 bits per heavy atom. The lowest BCUT2D eigenvalue weighted by molar-refractivity contribution is -0.147. The van der Waals surface area contributed by atoms with Crippen molar-refractivity contribution in [3.05, 3.63) is 59.7 Å². The molecule has 1 amide bonds. The lowest BCUT2D eigenvalue weighted by Crippen LogP contribution is -2.50. The second-order valence-electron chi connectivity index (χ2n) is 9.07. The lowest BCUT2D eigenvalue weighted by atomic mass is 9.87. The van der Waals surface area contributed by atoms with E-state index in [9.17, 15) is 14.4 Å². The highest BCUT2D eigenvalue weighted by Crippen LogP contribution is 2.47. The number of rotatable bonds is 9. The van der Waals surface area contributed by atoms with Gasteiger partial charge in [0.1, 0.15) is 5.60 Å². The maximum Gasteiger partial charge on any atom is 0.408 e. The number of carbonyl (C=O) groups is 2. The molecule has 0 fully saturated rings. The van der Waals surface area contributed by atoms with Gasteiger partial charge in [0.15, 0.2) is 5.54 Å². The number of nitrogens with one attached hydrogen (secondary N) is 2. The highest BCUT2D eigenvalue weighted by atomic mass is 16.6. The normalized spacial score (nSPS) is 14.5. The maximum absolute atomic E-state index is 13.1. The van der Waals surface area contributed by atoms with Gasteiger partial charge in [-0.15, -0.1) is 0 Å². The molecule has 7 heteroatoms. The summed E-state index contributed by atoms with van der Waals surface area (Å²) in [6, 6.07) is 14.9. The van der Waals surface area contributed by atoms with Gasteiger partial charge in [0.05, 0.1) is 13.2 Å². The van der Waals surface area contributed by atoms with E-state index in [1.165, 1.54) is 7.11 Å². The Morgan fingerprint density at radius 2 is 1.58 bits per heavy atom. The van der Waals surface area contributed by atoms with Gasteiger partial charge in [-0.25, -0.2) is 9.59 Å². The van der Waals surface area contributed by atoms with Crippen molar-refractivity contribution in [1.29, 1.82) is 0 Å². The summed E-state index contributed by atoms with van der Waals surface area (Å²) in [5.41, 5.74) is 2.00. The summed E-state index contributed by atoms with van der Waals surface area (Å²) in [5.74, 6) is -0.370. The first-order chi connectivity index (χ1) is 15.7. The van der Waals surface area contributed by atoms with E-state index in [1.807, 2.05) is 54.8 Å². The van der Waals surface area contributed by atoms with Crippen LogP contribution in [0, 0.1) is 0 Å². The highest BCUT2D eigenvalue weighted by Gasteiger charge is 2.49. The molecule has 0 saturated heterocycles. The summed E-state index contributed by atoms with van der Waals surface area (Å²) >= 11 is 0. The van der Waals surface area contributed by atoms with E-state index < -0.39 is 23.3 Å². The van der Waals surface area contributed by atoms with Gasteiger partial charge in [0.25, 0.3) is 0 Å². The van der Waals surface area contributed by atoms with Crippen LogP contribution in [0.25, 0.3) is 11.1 Å². The van der Waals surface area contributed by atoms with Crippen LogP contribution in [0.15, 0.2) is 48.5 Å². The molecule has 0 aromatic heterocycles. The standard InChI is InChI=1S/C26H31N2O5/c1-25(2,3)33-24(31)28-18(17-29)11-9-10-16-27-26(23(30)32-4)21-14-7-5-12-19(21)20-13-6-8-15-22(20)26/h5-8,12-15,18,27H,9-11,16H2,1-4H3,(H,28,31)/t18-/m0/s1. The van der Waals surface area contributed by atoms with Crippen LogP contribution in [0.2, 0.25) is 0 Å². The predicted octanol–water partition coefficient (Wildman–Crippen LogP) is 3.85. The Morgan fingerprint density at radius 1 is 1.00 bits per heavy atom. The molecular formula is C26H31N2O5. The van der Waals surface area contributed by atoms with Crippen molar-refractivity contribution in [1.82, 2.24) is 10.6 Å². The topological polar surface area (TPSA) is 93.7 Å². The van der Waals surface area contributed by atoms with Crippen LogP contribution >= 0.6 is 0 Å². The largest absolute Gasteiger partial charge is 0.467 e. The summed E-state index contributed by atoms with van der Waals surface area (Å²) in [6.07, 6.45) is 2.95. The molecule has 2 N–H and O–H groups in total. The molecule has 0 bridgehead atoms. The van der Waals surface area contributed by atoms with E-state index in [0.29, 0.717) is 25.8 Å². The minimum atomic E-state index is -1.09. The van der Waals surface area contributed by atoms with Gasteiger partial charge in [-0.1, -0.05) is 48.5 Å². The number of unbranched alkanes of at least 4 members (excludes halogenated alkanes) is 1. The van der Waals surface area contributed by atoms with Gasteiger partial charge in [-0.2, -0.15) is 0 Å². The Kier molecular flexibility index (Phi) is 7.53. The fourth-order valence-electron chi connectivity index (χ4n) is 4.23. The quantitative estimate of drug-likeness (QED) is 0.444. The zero-order valence-electron chi connectivity index (χ0n) is 19.6. The molecule has 1 radical (unpaired) electrons. The first kappa shape index (κ1) is 24.5. The molecule has 0 aliphatic heterocycles. The molecule has 33 heavy (non-hydrogen) atoms. The van der Waals surface area contributed by atoms with E-state index in [-0.39, 0.29) is 5.97 Å². The summed E-state index contributed by atoms with van der Waals surface area (Å²) in [5, 5.41) is 5.97. The molecule has 2 aromatic rings. The van der Waals surface area contributed by atoms with Crippen LogP contribution in [0.3, 0.4) is 0 Å². The molecule has 0 heterocycles. The van der Waals surface area contributed by atoms with Crippen LogP contribution in [-0.2, 0) is 24.6 Å². The minimum Gasteiger partial charge on any atom is -0.467 e. The molecule has 0 saturated carbocycles. The van der Waals surface area contributed by atoms with E-state index >= 15 is 0 Å². The zero-order chi connectivity index (χ0) is 24.1. The van der Waals surface area contributed by atoms with Crippen LogP contribution in [-0.4, -0.2) is 43.6 Å². The first-order valence-electron chi connectivity index (χ1n) is 11.1. The average molecular weight is 452 g/mol. The van der Waals surface area contributed by atoms with Crippen LogP contribution in [0.1, 0.15) is 51.2 Å². The molecular weight excluding hydrogens is 420 g/mol. The maximum atomic E-state index is 13.1. The van der Waals surface area contributed by atoms with Gasteiger partial charge in [-0.3, -0.25) is 10.1 Å². The number of hydrogen-bond acceptors (Lipinski definition) is 6. The van der Waals surface area contributed by atoms with E-state index in [4.69, 9.17) is 9.47 Å². The van der Waals surface area contributed by atoms with Crippen molar-refractivity contribution >= 4 is 18.3 Å². The summed E-state index contributed by atoms with van der Waals surface area (Å²) in [4.78, 5) is 36.3. The number of amides is 1. The molecule has 0 unspecified atom stereocenters. The van der Waals surface area contributed by atoms with Crippen molar-refractivity contribution in [2.75, 3.05) is 13.7 Å². The minimum absolute atomic E-state index is 0.370. The van der Waals surface area contributed by atoms with E-state index in [1.54, 1.807) is 20.8 Å². The van der Waals surface area contributed by atoms with Gasteiger partial charge in [0.2, 0.25) is 6.29 Å². The van der Waals surface area contributed by atoms with E-state index in [0.717, 1.165) is 22.3 Å². The van der Waals surface area contributed by atoms with Crippen molar-refractivity contribution in [3.63, 3.8) is 0 Å². The fraction of sp³-hybridized carbons (Fsp3) is 0.423. The third kappa shape index (κ3) is 5.25. The summed E-state index contributed by atoms with van der Waals surface area (Å²) < 4.78 is 10.4. The Balaban J connectivity index is 1.66. The summed E-state index contributed by atoms with van der Waals surface area (Å²) in [6.45, 7) is 5.78. The second-order valence-corrected chi connectivity index (χ2v) is 9.07. The first-order valence-corrected chi connectivity index (χ1v) is 11.1. The van der Waals surface area contributed by atoms with Gasteiger partial charge < -0.3 is 14.8 Å². The lowest BCUT2D eigenvalue weighted by Gasteiger charge is -2.30. The zero-order valence-corrected chi connectivity index (χ0v) is 19.6. The smallest absolute Gasteiger partial charge is 0.408 e. The number of esters is 1. The third-order valence-electron chi connectivity index (χ3n) is 5.59. The monoisotopic (exact) mass is 451 g/mol. The molecule has 1 atom stereocenters. The number of benzene rings is 2. The Bertz CT molecular complexity index is 966. The number of ether oxygens (including phenoxy) is 2. The Labute approximate surface area is 194 Å². The van der Waals surface area contributed by atoms with Crippen LogP contribution in [0.4, 0.5) is 4.79 Å². The third-order valence-corrected chi connectivity index (χ3v) is 5.59. The van der Waals surface area contributed by atoms with Crippen molar-refractivity contribution < 1.29 is 23.9 Å². The molecule has 1 aliphatic carbocycles. The van der Waals surface area contributed by atoms with Gasteiger partial charge >= 0.3 is 12.1 Å². The van der Waals surface area contributed by atoms with Crippen LogP contribution in [0.5, 0.6) is 0 Å².